The fraction of sp³-hybridized carbons (Fsp3) is 0.440. The number of unbranched alkanes of at least 4 members (excludes halogenated alkanes) is 5. The molecule has 0 aliphatic carbocycles. The van der Waals surface area contributed by atoms with Gasteiger partial charge in [-0.3, -0.25) is 4.79 Å². The summed E-state index contributed by atoms with van der Waals surface area (Å²) in [5, 5.41) is 26.1. The van der Waals surface area contributed by atoms with Crippen LogP contribution in [0.25, 0.3) is 0 Å². The molecule has 0 fully saturated rings. The summed E-state index contributed by atoms with van der Waals surface area (Å²) >= 11 is 0. The summed E-state index contributed by atoms with van der Waals surface area (Å²) in [4.78, 5) is 10.6. The lowest BCUT2D eigenvalue weighted by atomic mass is 10.2. The quantitative estimate of drug-likeness (QED) is 0.240. The lowest BCUT2D eigenvalue weighted by Crippen LogP contribution is -2.03. The number of hydrogen-bond donors (Lipinski definition) is 1. The molecule has 1 N–H and O–H groups in total. The molecule has 0 spiro atoms. The monoisotopic (exact) mass is 437 g/mol. The van der Waals surface area contributed by atoms with Crippen LogP contribution in [0.1, 0.15) is 63.9 Å². The van der Waals surface area contributed by atoms with E-state index in [1.165, 1.54) is 12.8 Å². The lowest BCUT2D eigenvalue weighted by Gasteiger charge is -2.13. The van der Waals surface area contributed by atoms with Gasteiger partial charge in [-0.2, -0.15) is 15.5 Å². The maximum absolute atomic E-state index is 10.6. The first-order valence-corrected chi connectivity index (χ1v) is 11.2. The van der Waals surface area contributed by atoms with Crippen LogP contribution in [0, 0.1) is 11.3 Å². The minimum atomic E-state index is -0.773. The maximum Gasteiger partial charge on any atom is 0.303 e. The van der Waals surface area contributed by atoms with Crippen LogP contribution >= 0.6 is 0 Å². The van der Waals surface area contributed by atoms with Crippen molar-refractivity contribution in [3.05, 3.63) is 48.0 Å². The van der Waals surface area contributed by atoms with Crippen molar-refractivity contribution < 1.29 is 19.4 Å². The number of nitriles is 1. The summed E-state index contributed by atoms with van der Waals surface area (Å²) in [6.07, 6.45) is 6.86. The molecule has 170 valence electrons. The van der Waals surface area contributed by atoms with Crippen molar-refractivity contribution in [2.45, 2.75) is 58.3 Å². The summed E-state index contributed by atoms with van der Waals surface area (Å²) < 4.78 is 11.9. The number of aliphatic carboxylic acids is 1. The van der Waals surface area contributed by atoms with E-state index >= 15 is 0 Å². The smallest absolute Gasteiger partial charge is 0.303 e. The van der Waals surface area contributed by atoms with Crippen molar-refractivity contribution in [3.63, 3.8) is 0 Å². The van der Waals surface area contributed by atoms with Crippen LogP contribution < -0.4 is 9.47 Å². The number of ether oxygens (including phenoxy) is 2. The van der Waals surface area contributed by atoms with Crippen LogP contribution in [0.15, 0.2) is 52.7 Å². The van der Waals surface area contributed by atoms with E-state index in [0.717, 1.165) is 25.7 Å². The van der Waals surface area contributed by atoms with Crippen molar-refractivity contribution in [1.82, 2.24) is 0 Å². The Labute approximate surface area is 189 Å². The molecule has 0 aliphatic heterocycles. The predicted molar refractivity (Wildman–Crippen MR) is 123 cm³/mol. The third kappa shape index (κ3) is 9.61. The summed E-state index contributed by atoms with van der Waals surface area (Å²) in [6.45, 7) is 3.28. The summed E-state index contributed by atoms with van der Waals surface area (Å²) in [5.74, 6) is 0.504. The zero-order valence-electron chi connectivity index (χ0n) is 18.6. The zero-order valence-corrected chi connectivity index (χ0v) is 18.6. The molecule has 0 amide bonds. The second-order valence-electron chi connectivity index (χ2n) is 7.45. The number of carboxylic acid groups (broad SMARTS) is 1. The number of hydrogen-bond acceptors (Lipinski definition) is 6. The van der Waals surface area contributed by atoms with Gasteiger partial charge in [0, 0.05) is 12.5 Å². The molecule has 0 unspecified atom stereocenters. The van der Waals surface area contributed by atoms with Crippen molar-refractivity contribution in [3.8, 4) is 17.6 Å². The molecule has 0 aliphatic rings. The molecule has 0 heterocycles. The Balaban J connectivity index is 2.00. The molecule has 7 nitrogen and oxygen atoms in total. The molecule has 0 atom stereocenters. The second kappa shape index (κ2) is 14.6. The highest BCUT2D eigenvalue weighted by atomic mass is 16.5. The molecule has 0 aromatic heterocycles. The third-order valence-electron chi connectivity index (χ3n) is 4.75. The minimum absolute atomic E-state index is 0.178. The molecule has 2 aromatic carbocycles. The number of benzene rings is 2. The van der Waals surface area contributed by atoms with Gasteiger partial charge in [0.25, 0.3) is 0 Å². The maximum atomic E-state index is 10.6. The molecular weight excluding hydrogens is 406 g/mol. The van der Waals surface area contributed by atoms with E-state index < -0.39 is 5.97 Å². The van der Waals surface area contributed by atoms with Gasteiger partial charge in [-0.25, -0.2) is 0 Å². The van der Waals surface area contributed by atoms with E-state index in [-0.39, 0.29) is 6.42 Å². The number of carboxylic acids is 1. The summed E-state index contributed by atoms with van der Waals surface area (Å²) in [7, 11) is 0. The molecule has 2 rings (SSSR count). The molecule has 2 aromatic rings. The van der Waals surface area contributed by atoms with Crippen LogP contribution in [0.4, 0.5) is 11.4 Å². The van der Waals surface area contributed by atoms with E-state index in [0.29, 0.717) is 48.1 Å². The number of azo groups is 1. The summed E-state index contributed by atoms with van der Waals surface area (Å²) in [6, 6.07) is 14.4. The molecule has 0 bridgehead atoms. The van der Waals surface area contributed by atoms with Crippen molar-refractivity contribution in [2.24, 2.45) is 10.2 Å². The fourth-order valence-electron chi connectivity index (χ4n) is 2.96. The molecule has 7 heteroatoms. The number of nitrogens with zero attached hydrogens (tertiary/aromatic N) is 3. The van der Waals surface area contributed by atoms with Crippen LogP contribution in [-0.4, -0.2) is 24.3 Å². The van der Waals surface area contributed by atoms with Gasteiger partial charge in [-0.05, 0) is 62.1 Å². The Morgan fingerprint density at radius 2 is 1.50 bits per heavy atom. The normalized spacial score (nSPS) is 10.8. The van der Waals surface area contributed by atoms with Gasteiger partial charge in [0.15, 0.2) is 11.5 Å². The predicted octanol–water partition coefficient (Wildman–Crippen LogP) is 6.96. The third-order valence-corrected chi connectivity index (χ3v) is 4.75. The Morgan fingerprint density at radius 3 is 2.16 bits per heavy atom. The number of carbonyl (C=O) groups is 1. The highest BCUT2D eigenvalue weighted by Gasteiger charge is 2.08. The average Bonchev–Trinajstić information content (AvgIpc) is 2.80. The fourth-order valence-corrected chi connectivity index (χ4v) is 2.96. The summed E-state index contributed by atoms with van der Waals surface area (Å²) in [5.41, 5.74) is 1.86. The van der Waals surface area contributed by atoms with Crippen LogP contribution in [0.3, 0.4) is 0 Å². The number of rotatable bonds is 15. The van der Waals surface area contributed by atoms with E-state index in [1.54, 1.807) is 30.3 Å². The van der Waals surface area contributed by atoms with E-state index in [9.17, 15) is 4.79 Å². The molecule has 0 saturated carbocycles. The highest BCUT2D eigenvalue weighted by Crippen LogP contribution is 2.33. The van der Waals surface area contributed by atoms with E-state index in [2.05, 4.69) is 23.2 Å². The highest BCUT2D eigenvalue weighted by molar-refractivity contribution is 5.66. The molecule has 0 saturated heterocycles. The first kappa shape index (κ1) is 24.9. The largest absolute Gasteiger partial charge is 0.490 e. The van der Waals surface area contributed by atoms with Crippen LogP contribution in [-0.2, 0) is 4.79 Å². The average molecular weight is 438 g/mol. The SMILES string of the molecule is CCCCCCOc1ccc(N=Nc2ccc(C#N)cc2)cc1OCCCCCC(=O)O. The van der Waals surface area contributed by atoms with Gasteiger partial charge in [-0.1, -0.05) is 26.2 Å². The van der Waals surface area contributed by atoms with Crippen molar-refractivity contribution >= 4 is 17.3 Å². The molecule has 32 heavy (non-hydrogen) atoms. The Bertz CT molecular complexity index is 904. The van der Waals surface area contributed by atoms with Crippen LogP contribution in [0.2, 0.25) is 0 Å². The minimum Gasteiger partial charge on any atom is -0.490 e. The Hall–Kier alpha value is -3.40. The first-order valence-electron chi connectivity index (χ1n) is 11.2. The lowest BCUT2D eigenvalue weighted by molar-refractivity contribution is -0.137. The Kier molecular flexibility index (Phi) is 11.3. The van der Waals surface area contributed by atoms with Gasteiger partial charge < -0.3 is 14.6 Å². The van der Waals surface area contributed by atoms with Gasteiger partial charge in [0.1, 0.15) is 0 Å². The van der Waals surface area contributed by atoms with E-state index in [4.69, 9.17) is 19.8 Å². The van der Waals surface area contributed by atoms with E-state index in [1.807, 2.05) is 12.1 Å². The standard InChI is InChI=1S/C25H31N3O4/c1-2-3-4-7-16-31-23-15-14-22(28-27-21-12-10-20(19-26)11-13-21)18-24(23)32-17-8-5-6-9-25(29)30/h10-15,18H,2-9,16-17H2,1H3,(H,29,30). The Morgan fingerprint density at radius 1 is 0.875 bits per heavy atom. The zero-order chi connectivity index (χ0) is 23.0. The van der Waals surface area contributed by atoms with Gasteiger partial charge in [0.2, 0.25) is 0 Å². The molecular formula is C25H31N3O4. The van der Waals surface area contributed by atoms with Gasteiger partial charge in [-0.15, -0.1) is 0 Å². The second-order valence-corrected chi connectivity index (χ2v) is 7.45. The van der Waals surface area contributed by atoms with Crippen molar-refractivity contribution in [2.75, 3.05) is 13.2 Å². The van der Waals surface area contributed by atoms with Crippen LogP contribution in [0.5, 0.6) is 11.5 Å². The first-order chi connectivity index (χ1) is 15.6. The van der Waals surface area contributed by atoms with Gasteiger partial charge >= 0.3 is 5.97 Å². The van der Waals surface area contributed by atoms with Gasteiger partial charge in [0.05, 0.1) is 36.2 Å². The topological polar surface area (TPSA) is 104 Å². The molecule has 0 radical (unpaired) electrons. The van der Waals surface area contributed by atoms with Crippen molar-refractivity contribution in [1.29, 1.82) is 5.26 Å².